The highest BCUT2D eigenvalue weighted by atomic mass is 32.1. The lowest BCUT2D eigenvalue weighted by Crippen LogP contribution is -2.05. The van der Waals surface area contributed by atoms with Crippen molar-refractivity contribution in [1.82, 2.24) is 0 Å². The largest absolute Gasteiger partial charge is 0.479 e. The molecule has 0 saturated carbocycles. The summed E-state index contributed by atoms with van der Waals surface area (Å²) in [5.74, 6) is -1.44. The smallest absolute Gasteiger partial charge is 0.343 e. The Hall–Kier alpha value is -1.42. The molecule has 2 nitrogen and oxygen atoms in total. The van der Waals surface area contributed by atoms with E-state index in [4.69, 9.17) is 5.11 Å². The van der Waals surface area contributed by atoms with Crippen molar-refractivity contribution in [3.05, 3.63) is 35.2 Å². The van der Waals surface area contributed by atoms with Crippen LogP contribution in [0.2, 0.25) is 0 Å². The van der Waals surface area contributed by atoms with E-state index in [1.165, 1.54) is 6.07 Å². The summed E-state index contributed by atoms with van der Waals surface area (Å²) in [6.45, 7) is 0. The summed E-state index contributed by atoms with van der Waals surface area (Å²) in [6, 6.07) is 6.67. The molecule has 0 aliphatic carbocycles. The monoisotopic (exact) mass is 210 g/mol. The Morgan fingerprint density at radius 1 is 1.43 bits per heavy atom. The van der Waals surface area contributed by atoms with Crippen LogP contribution in [0.3, 0.4) is 0 Å². The number of alkyl halides is 1. The molecule has 0 bridgehead atoms. The third-order valence-corrected chi connectivity index (χ3v) is 2.88. The Balaban J connectivity index is 2.48. The molecule has 4 heteroatoms. The average Bonchev–Trinajstić information content (AvgIpc) is 2.62. The first-order valence-electron chi connectivity index (χ1n) is 4.02. The maximum absolute atomic E-state index is 13.1. The van der Waals surface area contributed by atoms with Crippen LogP contribution in [0.15, 0.2) is 29.6 Å². The molecule has 1 N–H and O–H groups in total. The average molecular weight is 210 g/mol. The second-order valence-corrected chi connectivity index (χ2v) is 3.87. The molecular formula is C10H7FO2S. The first-order chi connectivity index (χ1) is 6.68. The highest BCUT2D eigenvalue weighted by Gasteiger charge is 2.18. The first-order valence-corrected chi connectivity index (χ1v) is 4.90. The number of hydrogen-bond acceptors (Lipinski definition) is 2. The number of rotatable bonds is 2. The van der Waals surface area contributed by atoms with Crippen LogP contribution in [0.1, 0.15) is 11.7 Å². The van der Waals surface area contributed by atoms with Crippen LogP contribution in [-0.4, -0.2) is 11.1 Å². The molecule has 2 aromatic rings. The number of carboxylic acid groups (broad SMARTS) is 1. The fourth-order valence-electron chi connectivity index (χ4n) is 1.29. The van der Waals surface area contributed by atoms with Gasteiger partial charge >= 0.3 is 5.97 Å². The van der Waals surface area contributed by atoms with Gasteiger partial charge < -0.3 is 5.11 Å². The Morgan fingerprint density at radius 2 is 2.21 bits per heavy atom. The molecule has 72 valence electrons. The van der Waals surface area contributed by atoms with E-state index in [1.54, 1.807) is 23.5 Å². The van der Waals surface area contributed by atoms with Crippen molar-refractivity contribution in [2.75, 3.05) is 0 Å². The minimum absolute atomic E-state index is 0.198. The van der Waals surface area contributed by atoms with Crippen molar-refractivity contribution >= 4 is 27.4 Å². The van der Waals surface area contributed by atoms with Gasteiger partial charge in [0.05, 0.1) is 0 Å². The van der Waals surface area contributed by atoms with E-state index in [0.717, 1.165) is 10.1 Å². The van der Waals surface area contributed by atoms with E-state index < -0.39 is 12.1 Å². The summed E-state index contributed by atoms with van der Waals surface area (Å²) in [6.07, 6.45) is -1.93. The third-order valence-electron chi connectivity index (χ3n) is 1.99. The molecule has 0 amide bonds. The predicted molar refractivity (Wildman–Crippen MR) is 53.3 cm³/mol. The van der Waals surface area contributed by atoms with E-state index in [2.05, 4.69) is 0 Å². The van der Waals surface area contributed by atoms with Crippen LogP contribution >= 0.6 is 11.3 Å². The molecule has 1 aromatic heterocycles. The van der Waals surface area contributed by atoms with E-state index in [1.807, 2.05) is 11.4 Å². The van der Waals surface area contributed by atoms with Crippen molar-refractivity contribution in [1.29, 1.82) is 0 Å². The van der Waals surface area contributed by atoms with E-state index in [0.29, 0.717) is 0 Å². The molecule has 0 aliphatic rings. The van der Waals surface area contributed by atoms with Gasteiger partial charge in [-0.1, -0.05) is 6.07 Å². The maximum Gasteiger partial charge on any atom is 0.343 e. The molecule has 0 saturated heterocycles. The van der Waals surface area contributed by atoms with Gasteiger partial charge in [-0.05, 0) is 34.5 Å². The fraction of sp³-hybridized carbons (Fsp3) is 0.100. The van der Waals surface area contributed by atoms with Crippen molar-refractivity contribution in [3.63, 3.8) is 0 Å². The van der Waals surface area contributed by atoms with Gasteiger partial charge in [0.15, 0.2) is 0 Å². The highest BCUT2D eigenvalue weighted by molar-refractivity contribution is 7.17. The number of aliphatic carboxylic acids is 1. The molecule has 2 rings (SSSR count). The molecule has 0 fully saturated rings. The Labute approximate surface area is 83.6 Å². The van der Waals surface area contributed by atoms with Crippen molar-refractivity contribution < 1.29 is 14.3 Å². The number of carboxylic acids is 1. The van der Waals surface area contributed by atoms with Crippen LogP contribution in [0.5, 0.6) is 0 Å². The highest BCUT2D eigenvalue weighted by Crippen LogP contribution is 2.26. The van der Waals surface area contributed by atoms with Gasteiger partial charge in [0, 0.05) is 4.70 Å². The molecular weight excluding hydrogens is 203 g/mol. The topological polar surface area (TPSA) is 37.3 Å². The van der Waals surface area contributed by atoms with Gasteiger partial charge in [0.2, 0.25) is 6.17 Å². The Bertz CT molecular complexity index is 478. The van der Waals surface area contributed by atoms with Crippen molar-refractivity contribution in [3.8, 4) is 0 Å². The van der Waals surface area contributed by atoms with E-state index in [9.17, 15) is 9.18 Å². The minimum Gasteiger partial charge on any atom is -0.479 e. The lowest BCUT2D eigenvalue weighted by molar-refractivity contribution is -0.143. The fourth-order valence-corrected chi connectivity index (χ4v) is 2.06. The summed E-state index contributed by atoms with van der Waals surface area (Å²) < 4.78 is 14.1. The number of halogens is 1. The molecule has 14 heavy (non-hydrogen) atoms. The maximum atomic E-state index is 13.1. The van der Waals surface area contributed by atoms with Gasteiger partial charge in [-0.15, -0.1) is 11.3 Å². The summed E-state index contributed by atoms with van der Waals surface area (Å²) in [4.78, 5) is 10.4. The van der Waals surface area contributed by atoms with E-state index in [-0.39, 0.29) is 5.56 Å². The minimum atomic E-state index is -1.93. The number of carbonyl (C=O) groups is 1. The Kier molecular flexibility index (Phi) is 2.21. The van der Waals surface area contributed by atoms with Crippen LogP contribution < -0.4 is 0 Å². The zero-order valence-corrected chi connectivity index (χ0v) is 7.92. The standard InChI is InChI=1S/C10H7FO2S/c11-9(10(12)13)7-1-2-8-6(5-7)3-4-14-8/h1-5,9H,(H,12,13). The van der Waals surface area contributed by atoms with Gasteiger partial charge in [-0.2, -0.15) is 0 Å². The SMILES string of the molecule is O=C(O)C(F)c1ccc2sccc2c1. The van der Waals surface area contributed by atoms with Crippen LogP contribution in [0, 0.1) is 0 Å². The summed E-state index contributed by atoms with van der Waals surface area (Å²) >= 11 is 1.55. The predicted octanol–water partition coefficient (Wildman–Crippen LogP) is 3.00. The molecule has 0 spiro atoms. The number of fused-ring (bicyclic) bond motifs is 1. The second-order valence-electron chi connectivity index (χ2n) is 2.92. The van der Waals surface area contributed by atoms with Gasteiger partial charge in [-0.25, -0.2) is 9.18 Å². The zero-order valence-electron chi connectivity index (χ0n) is 7.11. The lowest BCUT2D eigenvalue weighted by Gasteiger charge is -2.02. The Morgan fingerprint density at radius 3 is 2.93 bits per heavy atom. The van der Waals surface area contributed by atoms with E-state index >= 15 is 0 Å². The van der Waals surface area contributed by atoms with Crippen LogP contribution in [0.4, 0.5) is 4.39 Å². The van der Waals surface area contributed by atoms with Crippen molar-refractivity contribution in [2.24, 2.45) is 0 Å². The summed E-state index contributed by atoms with van der Waals surface area (Å²) in [5, 5.41) is 11.3. The molecule has 0 aliphatic heterocycles. The van der Waals surface area contributed by atoms with Gasteiger partial charge in [0.25, 0.3) is 0 Å². The third kappa shape index (κ3) is 1.48. The van der Waals surface area contributed by atoms with Gasteiger partial charge in [0.1, 0.15) is 0 Å². The van der Waals surface area contributed by atoms with Crippen LogP contribution in [-0.2, 0) is 4.79 Å². The molecule has 1 heterocycles. The summed E-state index contributed by atoms with van der Waals surface area (Å²) in [5.41, 5.74) is 0.198. The lowest BCUT2D eigenvalue weighted by atomic mass is 10.1. The zero-order chi connectivity index (χ0) is 10.1. The molecule has 1 atom stereocenters. The normalized spacial score (nSPS) is 12.9. The number of benzene rings is 1. The second kappa shape index (κ2) is 3.38. The summed E-state index contributed by atoms with van der Waals surface area (Å²) in [7, 11) is 0. The molecule has 1 unspecified atom stereocenters. The quantitative estimate of drug-likeness (QED) is 0.827. The van der Waals surface area contributed by atoms with Gasteiger partial charge in [-0.3, -0.25) is 0 Å². The number of thiophene rings is 1. The molecule has 1 aromatic carbocycles. The molecule has 0 radical (unpaired) electrons. The number of hydrogen-bond donors (Lipinski definition) is 1. The first kappa shape index (κ1) is 9.15. The van der Waals surface area contributed by atoms with Crippen LogP contribution in [0.25, 0.3) is 10.1 Å². The van der Waals surface area contributed by atoms with Crippen molar-refractivity contribution in [2.45, 2.75) is 6.17 Å².